The average Bonchev–Trinajstić information content (AvgIpc) is 3.39. The molecule has 0 bridgehead atoms. The quantitative estimate of drug-likeness (QED) is 0.393. The van der Waals surface area contributed by atoms with Crippen molar-refractivity contribution in [2.24, 2.45) is 0 Å². The van der Waals surface area contributed by atoms with E-state index >= 15 is 0 Å². The molecule has 1 heterocycles. The highest BCUT2D eigenvalue weighted by atomic mass is 19.1. The Morgan fingerprint density at radius 1 is 1.00 bits per heavy atom. The molecule has 3 N–H and O–H groups in total. The summed E-state index contributed by atoms with van der Waals surface area (Å²) in [6.07, 6.45) is -1.88. The van der Waals surface area contributed by atoms with Gasteiger partial charge in [-0.25, -0.2) is 9.18 Å². The molecule has 2 unspecified atom stereocenters. The van der Waals surface area contributed by atoms with Gasteiger partial charge >= 0.3 is 12.0 Å². The number of rotatable bonds is 8. The second-order valence-corrected chi connectivity index (χ2v) is 9.30. The van der Waals surface area contributed by atoms with Crippen molar-refractivity contribution in [1.29, 1.82) is 0 Å². The number of urea groups is 1. The third-order valence-electron chi connectivity index (χ3n) is 6.52. The monoisotopic (exact) mass is 548 g/mol. The van der Waals surface area contributed by atoms with E-state index in [9.17, 15) is 28.7 Å². The maximum atomic E-state index is 13.7. The van der Waals surface area contributed by atoms with Crippen LogP contribution in [0.1, 0.15) is 33.9 Å². The number of ether oxygens (including phenoxy) is 1. The van der Waals surface area contributed by atoms with Crippen LogP contribution < -0.4 is 15.4 Å². The highest BCUT2D eigenvalue weighted by Gasteiger charge is 2.43. The summed E-state index contributed by atoms with van der Waals surface area (Å²) in [6.45, 7) is 2.00. The van der Waals surface area contributed by atoms with Gasteiger partial charge in [-0.2, -0.15) is 0 Å². The van der Waals surface area contributed by atoms with E-state index in [2.05, 4.69) is 10.6 Å². The van der Waals surface area contributed by atoms with Gasteiger partial charge in [0.25, 0.3) is 11.8 Å². The van der Waals surface area contributed by atoms with Crippen LogP contribution in [0.25, 0.3) is 0 Å². The summed E-state index contributed by atoms with van der Waals surface area (Å²) in [6, 6.07) is 16.9. The number of nitrogens with zero attached hydrogens (tertiary/aromatic N) is 2. The number of nitrogens with one attached hydrogen (secondary N) is 2. The van der Waals surface area contributed by atoms with Gasteiger partial charge in [-0.15, -0.1) is 0 Å². The Morgan fingerprint density at radius 2 is 1.68 bits per heavy atom. The van der Waals surface area contributed by atoms with Gasteiger partial charge in [-0.05, 0) is 55.0 Å². The van der Waals surface area contributed by atoms with Gasteiger partial charge in [0.2, 0.25) is 0 Å². The molecular formula is C29H29FN4O6. The lowest BCUT2D eigenvalue weighted by Crippen LogP contribution is -2.55. The van der Waals surface area contributed by atoms with Crippen molar-refractivity contribution in [3.8, 4) is 5.75 Å². The maximum absolute atomic E-state index is 13.7. The zero-order valence-electron chi connectivity index (χ0n) is 22.0. The summed E-state index contributed by atoms with van der Waals surface area (Å²) in [5.41, 5.74) is 2.11. The number of halogens is 1. The number of carbonyl (C=O) groups is 4. The fourth-order valence-electron chi connectivity index (χ4n) is 4.46. The first-order chi connectivity index (χ1) is 19.2. The predicted molar refractivity (Wildman–Crippen MR) is 144 cm³/mol. The summed E-state index contributed by atoms with van der Waals surface area (Å²) < 4.78 is 18.7. The van der Waals surface area contributed by atoms with Gasteiger partial charge in [0.05, 0.1) is 19.6 Å². The lowest BCUT2D eigenvalue weighted by Gasteiger charge is -2.31. The second kappa shape index (κ2) is 12.3. The van der Waals surface area contributed by atoms with E-state index in [-0.39, 0.29) is 18.7 Å². The van der Waals surface area contributed by atoms with Crippen molar-refractivity contribution >= 4 is 29.5 Å². The first kappa shape index (κ1) is 28.1. The van der Waals surface area contributed by atoms with E-state index in [1.54, 1.807) is 30.3 Å². The molecule has 0 aliphatic carbocycles. The normalized spacial score (nSPS) is 15.3. The molecule has 0 saturated carbocycles. The van der Waals surface area contributed by atoms with Crippen molar-refractivity contribution in [3.63, 3.8) is 0 Å². The molecule has 1 saturated heterocycles. The minimum atomic E-state index is -1.39. The summed E-state index contributed by atoms with van der Waals surface area (Å²) >= 11 is 0. The van der Waals surface area contributed by atoms with E-state index in [0.717, 1.165) is 17.7 Å². The summed E-state index contributed by atoms with van der Waals surface area (Å²) in [7, 11) is 1.46. The zero-order valence-corrected chi connectivity index (χ0v) is 22.0. The van der Waals surface area contributed by atoms with Crippen molar-refractivity contribution < 1.29 is 33.4 Å². The molecule has 3 aromatic rings. The summed E-state index contributed by atoms with van der Waals surface area (Å²) in [5.74, 6) is -2.55. The summed E-state index contributed by atoms with van der Waals surface area (Å²) in [4.78, 5) is 54.7. The van der Waals surface area contributed by atoms with Crippen LogP contribution in [-0.4, -0.2) is 65.1 Å². The molecule has 0 aromatic heterocycles. The molecule has 1 fully saturated rings. The van der Waals surface area contributed by atoms with Crippen LogP contribution in [-0.2, 0) is 9.59 Å². The zero-order chi connectivity index (χ0) is 28.8. The van der Waals surface area contributed by atoms with Crippen molar-refractivity contribution in [1.82, 2.24) is 15.1 Å². The van der Waals surface area contributed by atoms with E-state index in [0.29, 0.717) is 17.0 Å². The Balaban J connectivity index is 1.65. The molecule has 40 heavy (non-hydrogen) atoms. The molecule has 10 nitrogen and oxygen atoms in total. The van der Waals surface area contributed by atoms with Crippen molar-refractivity contribution in [3.05, 3.63) is 95.3 Å². The molecule has 4 rings (SSSR count). The number of hydrogen-bond donors (Lipinski definition) is 3. The van der Waals surface area contributed by atoms with Gasteiger partial charge in [0, 0.05) is 24.3 Å². The first-order valence-electron chi connectivity index (χ1n) is 12.5. The van der Waals surface area contributed by atoms with Gasteiger partial charge in [-0.3, -0.25) is 19.3 Å². The second-order valence-electron chi connectivity index (χ2n) is 9.30. The smallest absolute Gasteiger partial charge is 0.323 e. The van der Waals surface area contributed by atoms with Gasteiger partial charge in [0.15, 0.2) is 6.17 Å². The minimum Gasteiger partial charge on any atom is -0.497 e. The standard InChI is InChI=1S/C29H29FN4O6/c1-18-6-12-22(13-7-18)31-29(39)34-15-14-33(28(38)20-4-3-5-23(16-20)40-2)27(34)26(37)32-24(17-25(35)36)19-8-10-21(30)11-9-19/h3-13,16,24,27H,14-15,17H2,1-2H3,(H,31,39)(H,32,37)(H,35,36). The molecule has 1 aliphatic rings. The largest absolute Gasteiger partial charge is 0.497 e. The number of carbonyl (C=O) groups excluding carboxylic acids is 3. The third-order valence-corrected chi connectivity index (χ3v) is 6.52. The summed E-state index contributed by atoms with van der Waals surface area (Å²) in [5, 5.41) is 14.9. The highest BCUT2D eigenvalue weighted by molar-refractivity contribution is 6.01. The van der Waals surface area contributed by atoms with E-state index in [1.807, 2.05) is 19.1 Å². The van der Waals surface area contributed by atoms with E-state index in [4.69, 9.17) is 4.74 Å². The predicted octanol–water partition coefficient (Wildman–Crippen LogP) is 3.79. The molecule has 1 aliphatic heterocycles. The average molecular weight is 549 g/mol. The number of aryl methyl sites for hydroxylation is 1. The highest BCUT2D eigenvalue weighted by Crippen LogP contribution is 2.24. The Bertz CT molecular complexity index is 1400. The molecule has 0 radical (unpaired) electrons. The number of methoxy groups -OCH3 is 1. The van der Waals surface area contributed by atoms with Crippen LogP contribution in [0.4, 0.5) is 14.9 Å². The van der Waals surface area contributed by atoms with E-state index in [1.165, 1.54) is 35.1 Å². The van der Waals surface area contributed by atoms with Gasteiger partial charge < -0.3 is 25.4 Å². The third kappa shape index (κ3) is 6.55. The van der Waals surface area contributed by atoms with E-state index < -0.39 is 48.3 Å². The van der Waals surface area contributed by atoms with Crippen LogP contribution in [0.3, 0.4) is 0 Å². The van der Waals surface area contributed by atoms with Crippen LogP contribution in [0.2, 0.25) is 0 Å². The topological polar surface area (TPSA) is 128 Å². The van der Waals surface area contributed by atoms with Crippen LogP contribution in [0.15, 0.2) is 72.8 Å². The number of aliphatic carboxylic acids is 1. The minimum absolute atomic E-state index is 0.0473. The number of carboxylic acid groups (broad SMARTS) is 1. The number of carboxylic acids is 1. The van der Waals surface area contributed by atoms with Crippen molar-refractivity contribution in [2.45, 2.75) is 25.6 Å². The molecule has 3 aromatic carbocycles. The lowest BCUT2D eigenvalue weighted by molar-refractivity contribution is -0.138. The molecule has 0 spiro atoms. The van der Waals surface area contributed by atoms with Crippen molar-refractivity contribution in [2.75, 3.05) is 25.5 Å². The Kier molecular flexibility index (Phi) is 8.63. The lowest BCUT2D eigenvalue weighted by atomic mass is 10.0. The Hall–Kier alpha value is -4.93. The van der Waals surface area contributed by atoms with Gasteiger partial charge in [0.1, 0.15) is 11.6 Å². The fraction of sp³-hybridized carbons (Fsp3) is 0.241. The Labute approximate surface area is 230 Å². The molecule has 2 atom stereocenters. The number of benzene rings is 3. The SMILES string of the molecule is COc1cccc(C(=O)N2CCN(C(=O)Nc3ccc(C)cc3)C2C(=O)NC(CC(=O)O)c2ccc(F)cc2)c1. The first-order valence-corrected chi connectivity index (χ1v) is 12.5. The number of amides is 4. The number of anilines is 1. The van der Waals surface area contributed by atoms with Crippen LogP contribution in [0, 0.1) is 12.7 Å². The maximum Gasteiger partial charge on any atom is 0.323 e. The molecular weight excluding hydrogens is 519 g/mol. The van der Waals surface area contributed by atoms with Crippen LogP contribution in [0.5, 0.6) is 5.75 Å². The van der Waals surface area contributed by atoms with Crippen LogP contribution >= 0.6 is 0 Å². The fourth-order valence-corrected chi connectivity index (χ4v) is 4.46. The van der Waals surface area contributed by atoms with Gasteiger partial charge in [-0.1, -0.05) is 35.9 Å². The molecule has 208 valence electrons. The molecule has 11 heteroatoms. The Morgan fingerprint density at radius 3 is 2.33 bits per heavy atom. The number of hydrogen-bond acceptors (Lipinski definition) is 5. The molecule has 4 amide bonds.